The number of nitrogens with zero attached hydrogens (tertiary/aromatic N) is 3. The molecule has 0 aliphatic heterocycles. The van der Waals surface area contributed by atoms with E-state index in [0.29, 0.717) is 23.6 Å². The Morgan fingerprint density at radius 1 is 1.32 bits per heavy atom. The Morgan fingerprint density at radius 2 is 2.16 bits per heavy atom. The molecule has 0 amide bonds. The zero-order valence-corrected chi connectivity index (χ0v) is 11.3. The van der Waals surface area contributed by atoms with Crippen molar-refractivity contribution in [1.29, 1.82) is 0 Å². The Bertz CT molecular complexity index is 580. The smallest absolute Gasteiger partial charge is 0.243 e. The second-order valence-corrected chi connectivity index (χ2v) is 5.60. The average Bonchev–Trinajstić information content (AvgIpc) is 2.76. The quantitative estimate of drug-likeness (QED) is 0.904. The van der Waals surface area contributed by atoms with Crippen molar-refractivity contribution in [1.82, 2.24) is 14.6 Å². The van der Waals surface area contributed by atoms with Crippen LogP contribution in [0.4, 0.5) is 10.3 Å². The van der Waals surface area contributed by atoms with E-state index < -0.39 is 0 Å². The number of rotatable bonds is 2. The number of nitrogens with one attached hydrogen (secondary N) is 1. The van der Waals surface area contributed by atoms with Crippen LogP contribution < -0.4 is 5.32 Å². The lowest BCUT2D eigenvalue weighted by molar-refractivity contribution is 0.252. The van der Waals surface area contributed by atoms with Crippen LogP contribution in [0.3, 0.4) is 0 Å². The van der Waals surface area contributed by atoms with Gasteiger partial charge in [0.2, 0.25) is 5.95 Å². The highest BCUT2D eigenvalue weighted by molar-refractivity contribution is 5.43. The molecule has 102 valence electrons. The van der Waals surface area contributed by atoms with Crippen LogP contribution in [0.5, 0.6) is 0 Å². The van der Waals surface area contributed by atoms with Gasteiger partial charge in [0.15, 0.2) is 5.65 Å². The molecule has 0 saturated heterocycles. The lowest BCUT2D eigenvalue weighted by Crippen LogP contribution is -2.35. The third-order valence-electron chi connectivity index (χ3n) is 4.32. The Balaban J connectivity index is 1.81. The zero-order chi connectivity index (χ0) is 13.4. The number of fused-ring (bicyclic) bond motifs is 1. The maximum Gasteiger partial charge on any atom is 0.243 e. The minimum absolute atomic E-state index is 0.302. The Hall–Kier alpha value is -1.65. The Labute approximate surface area is 112 Å². The molecule has 2 aromatic rings. The van der Waals surface area contributed by atoms with Crippen molar-refractivity contribution in [2.75, 3.05) is 5.32 Å². The largest absolute Gasteiger partial charge is 0.350 e. The van der Waals surface area contributed by atoms with E-state index in [1.807, 2.05) is 0 Å². The fourth-order valence-electron chi connectivity index (χ4n) is 2.87. The molecule has 2 heterocycles. The van der Waals surface area contributed by atoms with Gasteiger partial charge in [-0.05, 0) is 30.4 Å². The molecule has 4 nitrogen and oxygen atoms in total. The molecule has 1 aliphatic rings. The van der Waals surface area contributed by atoms with E-state index in [2.05, 4.69) is 29.2 Å². The minimum Gasteiger partial charge on any atom is -0.350 e. The van der Waals surface area contributed by atoms with Crippen LogP contribution in [-0.2, 0) is 0 Å². The van der Waals surface area contributed by atoms with Crippen molar-refractivity contribution in [2.24, 2.45) is 11.8 Å². The van der Waals surface area contributed by atoms with E-state index in [0.717, 1.165) is 12.3 Å². The lowest BCUT2D eigenvalue weighted by atomic mass is 9.78. The number of halogens is 1. The molecule has 5 heteroatoms. The summed E-state index contributed by atoms with van der Waals surface area (Å²) >= 11 is 0. The zero-order valence-electron chi connectivity index (χ0n) is 11.3. The molecular weight excluding hydrogens is 243 g/mol. The van der Waals surface area contributed by atoms with E-state index in [-0.39, 0.29) is 5.82 Å². The molecule has 2 aromatic heterocycles. The molecule has 0 radical (unpaired) electrons. The first-order valence-corrected chi connectivity index (χ1v) is 6.92. The normalized spacial score (nSPS) is 27.6. The number of aromatic nitrogens is 3. The summed E-state index contributed by atoms with van der Waals surface area (Å²) in [5, 5.41) is 7.69. The predicted molar refractivity (Wildman–Crippen MR) is 72.5 cm³/mol. The number of pyridine rings is 1. The van der Waals surface area contributed by atoms with Crippen LogP contribution >= 0.6 is 0 Å². The number of hydrogen-bond donors (Lipinski definition) is 1. The molecule has 1 N–H and O–H groups in total. The van der Waals surface area contributed by atoms with Crippen molar-refractivity contribution in [3.8, 4) is 0 Å². The third kappa shape index (κ3) is 2.41. The molecule has 1 saturated carbocycles. The summed E-state index contributed by atoms with van der Waals surface area (Å²) in [5.74, 6) is 1.62. The van der Waals surface area contributed by atoms with Gasteiger partial charge in [-0.25, -0.2) is 8.91 Å². The molecule has 0 aromatic carbocycles. The van der Waals surface area contributed by atoms with Crippen LogP contribution in [0.15, 0.2) is 18.3 Å². The highest BCUT2D eigenvalue weighted by atomic mass is 19.1. The molecule has 0 spiro atoms. The Kier molecular flexibility index (Phi) is 3.12. The number of anilines is 1. The van der Waals surface area contributed by atoms with Crippen molar-refractivity contribution in [2.45, 2.75) is 39.2 Å². The van der Waals surface area contributed by atoms with Gasteiger partial charge < -0.3 is 5.32 Å². The van der Waals surface area contributed by atoms with Gasteiger partial charge in [0, 0.05) is 6.04 Å². The van der Waals surface area contributed by atoms with Gasteiger partial charge in [-0.3, -0.25) is 0 Å². The first-order valence-electron chi connectivity index (χ1n) is 6.92. The summed E-state index contributed by atoms with van der Waals surface area (Å²) in [7, 11) is 0. The van der Waals surface area contributed by atoms with Gasteiger partial charge in [-0.15, -0.1) is 5.10 Å². The summed E-state index contributed by atoms with van der Waals surface area (Å²) in [6.45, 7) is 4.57. The second-order valence-electron chi connectivity index (χ2n) is 5.60. The summed E-state index contributed by atoms with van der Waals surface area (Å²) < 4.78 is 14.6. The first kappa shape index (κ1) is 12.4. The molecule has 1 aliphatic carbocycles. The molecule has 3 atom stereocenters. The van der Waals surface area contributed by atoms with Gasteiger partial charge in [0.25, 0.3) is 0 Å². The molecular formula is C14H19FN4. The van der Waals surface area contributed by atoms with Crippen molar-refractivity contribution < 1.29 is 4.39 Å². The van der Waals surface area contributed by atoms with E-state index in [9.17, 15) is 4.39 Å². The van der Waals surface area contributed by atoms with E-state index in [1.165, 1.54) is 29.6 Å². The molecule has 19 heavy (non-hydrogen) atoms. The molecule has 3 unspecified atom stereocenters. The van der Waals surface area contributed by atoms with Crippen LogP contribution in [0.1, 0.15) is 33.1 Å². The van der Waals surface area contributed by atoms with Gasteiger partial charge in [-0.1, -0.05) is 26.7 Å². The fourth-order valence-corrected chi connectivity index (χ4v) is 2.87. The lowest BCUT2D eigenvalue weighted by Gasteiger charge is -2.34. The second kappa shape index (κ2) is 4.79. The third-order valence-corrected chi connectivity index (χ3v) is 4.32. The summed E-state index contributed by atoms with van der Waals surface area (Å²) in [5.41, 5.74) is 0.667. The molecule has 0 bridgehead atoms. The van der Waals surface area contributed by atoms with Crippen LogP contribution in [0.2, 0.25) is 0 Å². The SMILES string of the molecule is CC1CCCC(Nc2nc3ccc(F)cn3n2)C1C. The Morgan fingerprint density at radius 3 is 3.00 bits per heavy atom. The highest BCUT2D eigenvalue weighted by Crippen LogP contribution is 2.31. The van der Waals surface area contributed by atoms with E-state index >= 15 is 0 Å². The van der Waals surface area contributed by atoms with Gasteiger partial charge in [0.05, 0.1) is 6.20 Å². The summed E-state index contributed by atoms with van der Waals surface area (Å²) in [6, 6.07) is 3.45. The minimum atomic E-state index is -0.302. The van der Waals surface area contributed by atoms with Gasteiger partial charge in [0.1, 0.15) is 5.82 Å². The van der Waals surface area contributed by atoms with Gasteiger partial charge >= 0.3 is 0 Å². The van der Waals surface area contributed by atoms with Crippen molar-refractivity contribution in [3.05, 3.63) is 24.1 Å². The standard InChI is InChI=1S/C14H19FN4/c1-9-4-3-5-12(10(9)2)16-14-17-13-7-6-11(15)8-19(13)18-14/h6-10,12H,3-5H2,1-2H3,(H,16,18). The first-order chi connectivity index (χ1) is 9.13. The maximum absolute atomic E-state index is 13.1. The van der Waals surface area contributed by atoms with Crippen molar-refractivity contribution >= 4 is 11.6 Å². The molecule has 3 rings (SSSR count). The highest BCUT2D eigenvalue weighted by Gasteiger charge is 2.27. The summed E-state index contributed by atoms with van der Waals surface area (Å²) in [4.78, 5) is 4.38. The van der Waals surface area contributed by atoms with Crippen LogP contribution in [0, 0.1) is 17.7 Å². The van der Waals surface area contributed by atoms with E-state index in [4.69, 9.17) is 0 Å². The predicted octanol–water partition coefficient (Wildman–Crippen LogP) is 3.11. The van der Waals surface area contributed by atoms with Crippen molar-refractivity contribution in [3.63, 3.8) is 0 Å². The van der Waals surface area contributed by atoms with E-state index in [1.54, 1.807) is 6.07 Å². The molecule has 1 fully saturated rings. The van der Waals surface area contributed by atoms with Crippen LogP contribution in [0.25, 0.3) is 5.65 Å². The monoisotopic (exact) mass is 262 g/mol. The maximum atomic E-state index is 13.1. The van der Waals surface area contributed by atoms with Crippen LogP contribution in [-0.4, -0.2) is 20.6 Å². The average molecular weight is 262 g/mol. The van der Waals surface area contributed by atoms with Gasteiger partial charge in [-0.2, -0.15) is 4.98 Å². The topological polar surface area (TPSA) is 42.2 Å². The summed E-state index contributed by atoms with van der Waals surface area (Å²) in [6.07, 6.45) is 5.03. The number of hydrogen-bond acceptors (Lipinski definition) is 3. The fraction of sp³-hybridized carbons (Fsp3) is 0.571.